The Hall–Kier alpha value is -3.41. The Bertz CT molecular complexity index is 918. The topological polar surface area (TPSA) is 63.9 Å². The van der Waals surface area contributed by atoms with Crippen LogP contribution in [-0.2, 0) is 6.61 Å². The first-order valence-electron chi connectivity index (χ1n) is 8.50. The molecule has 1 amide bonds. The van der Waals surface area contributed by atoms with Gasteiger partial charge in [-0.3, -0.25) is 4.79 Å². The van der Waals surface area contributed by atoms with E-state index in [0.717, 1.165) is 11.4 Å². The van der Waals surface area contributed by atoms with Crippen LogP contribution in [0.2, 0.25) is 0 Å². The molecule has 27 heavy (non-hydrogen) atoms. The van der Waals surface area contributed by atoms with Crippen LogP contribution in [-0.4, -0.2) is 27.1 Å². The first-order valence-corrected chi connectivity index (χ1v) is 8.50. The minimum Gasteiger partial charge on any atom is -0.493 e. The molecule has 0 unspecified atom stereocenters. The van der Waals surface area contributed by atoms with Gasteiger partial charge in [-0.15, -0.1) is 0 Å². The maximum absolute atomic E-state index is 12.5. The van der Waals surface area contributed by atoms with Crippen LogP contribution in [0.5, 0.6) is 11.5 Å². The molecule has 3 rings (SSSR count). The first kappa shape index (κ1) is 18.4. The number of para-hydroxylation sites is 4. The molecule has 0 saturated carbocycles. The Kier molecular flexibility index (Phi) is 5.66. The van der Waals surface area contributed by atoms with E-state index >= 15 is 0 Å². The third-order valence-electron chi connectivity index (χ3n) is 3.96. The number of furan rings is 1. The van der Waals surface area contributed by atoms with Crippen LogP contribution < -0.4 is 19.7 Å². The monoisotopic (exact) mass is 366 g/mol. The van der Waals surface area contributed by atoms with Crippen LogP contribution in [0.15, 0.2) is 65.1 Å². The quantitative estimate of drug-likeness (QED) is 0.679. The van der Waals surface area contributed by atoms with Crippen molar-refractivity contribution in [2.75, 3.05) is 31.4 Å². The number of benzene rings is 2. The predicted molar refractivity (Wildman–Crippen MR) is 105 cm³/mol. The SMILES string of the molecule is COc1ccccc1OCc1ccc(C(=O)Nc2ccccc2N(C)C)o1. The van der Waals surface area contributed by atoms with Gasteiger partial charge < -0.3 is 24.1 Å². The van der Waals surface area contributed by atoms with Gasteiger partial charge in [-0.2, -0.15) is 0 Å². The number of hydrogen-bond donors (Lipinski definition) is 1. The number of hydrogen-bond acceptors (Lipinski definition) is 5. The largest absolute Gasteiger partial charge is 0.493 e. The third kappa shape index (κ3) is 4.41. The van der Waals surface area contributed by atoms with Crippen molar-refractivity contribution >= 4 is 17.3 Å². The fourth-order valence-electron chi connectivity index (χ4n) is 2.62. The van der Waals surface area contributed by atoms with Gasteiger partial charge in [0.15, 0.2) is 17.3 Å². The highest BCUT2D eigenvalue weighted by Gasteiger charge is 2.14. The molecule has 1 heterocycles. The van der Waals surface area contributed by atoms with Crippen LogP contribution in [0.1, 0.15) is 16.3 Å². The van der Waals surface area contributed by atoms with Crippen molar-refractivity contribution in [2.45, 2.75) is 6.61 Å². The standard InChI is InChI=1S/C21H22N2O4/c1-23(2)17-9-5-4-8-16(17)22-21(24)20-13-12-15(27-20)14-26-19-11-7-6-10-18(19)25-3/h4-13H,14H2,1-3H3,(H,22,24). The van der Waals surface area contributed by atoms with Gasteiger partial charge in [0.05, 0.1) is 18.5 Å². The number of nitrogens with zero attached hydrogens (tertiary/aromatic N) is 1. The third-order valence-corrected chi connectivity index (χ3v) is 3.96. The molecular formula is C21H22N2O4. The fraction of sp³-hybridized carbons (Fsp3) is 0.190. The van der Waals surface area contributed by atoms with Gasteiger partial charge in [0.2, 0.25) is 0 Å². The molecule has 3 aromatic rings. The number of carbonyl (C=O) groups excluding carboxylic acids is 1. The van der Waals surface area contributed by atoms with Crippen LogP contribution in [0.25, 0.3) is 0 Å². The summed E-state index contributed by atoms with van der Waals surface area (Å²) in [4.78, 5) is 14.4. The highest BCUT2D eigenvalue weighted by Crippen LogP contribution is 2.27. The number of ether oxygens (including phenoxy) is 2. The summed E-state index contributed by atoms with van der Waals surface area (Å²) in [7, 11) is 5.43. The number of anilines is 2. The van der Waals surface area contributed by atoms with Crippen molar-refractivity contribution in [3.63, 3.8) is 0 Å². The summed E-state index contributed by atoms with van der Waals surface area (Å²) < 4.78 is 16.6. The van der Waals surface area contributed by atoms with E-state index in [0.29, 0.717) is 17.3 Å². The first-order chi connectivity index (χ1) is 13.1. The van der Waals surface area contributed by atoms with Gasteiger partial charge in [0.25, 0.3) is 5.91 Å². The molecule has 0 spiro atoms. The Morgan fingerprint density at radius 3 is 2.44 bits per heavy atom. The van der Waals surface area contributed by atoms with Gasteiger partial charge in [0.1, 0.15) is 12.4 Å². The number of rotatable bonds is 7. The van der Waals surface area contributed by atoms with Crippen LogP contribution >= 0.6 is 0 Å². The van der Waals surface area contributed by atoms with Gasteiger partial charge in [-0.05, 0) is 36.4 Å². The molecule has 140 valence electrons. The molecule has 0 atom stereocenters. The Labute approximate surface area is 158 Å². The number of carbonyl (C=O) groups is 1. The molecule has 0 radical (unpaired) electrons. The lowest BCUT2D eigenvalue weighted by molar-refractivity contribution is 0.0992. The second-order valence-electron chi connectivity index (χ2n) is 6.07. The minimum absolute atomic E-state index is 0.196. The molecule has 0 aliphatic rings. The summed E-state index contributed by atoms with van der Waals surface area (Å²) in [5.74, 6) is 1.71. The molecule has 6 nitrogen and oxygen atoms in total. The van der Waals surface area contributed by atoms with Gasteiger partial charge in [-0.1, -0.05) is 24.3 Å². The Morgan fingerprint density at radius 2 is 1.70 bits per heavy atom. The average Bonchev–Trinajstić information content (AvgIpc) is 3.16. The molecule has 6 heteroatoms. The van der Waals surface area contributed by atoms with Crippen LogP contribution in [0.4, 0.5) is 11.4 Å². The number of nitrogens with one attached hydrogen (secondary N) is 1. The Balaban J connectivity index is 1.66. The van der Waals surface area contributed by atoms with Gasteiger partial charge in [-0.25, -0.2) is 0 Å². The van der Waals surface area contributed by atoms with Crippen molar-refractivity contribution in [2.24, 2.45) is 0 Å². The Morgan fingerprint density at radius 1 is 1.00 bits per heavy atom. The zero-order valence-corrected chi connectivity index (χ0v) is 15.6. The fourth-order valence-corrected chi connectivity index (χ4v) is 2.62. The lowest BCUT2D eigenvalue weighted by Crippen LogP contribution is -2.16. The second kappa shape index (κ2) is 8.31. The van der Waals surface area contributed by atoms with Gasteiger partial charge >= 0.3 is 0 Å². The normalized spacial score (nSPS) is 10.3. The van der Waals surface area contributed by atoms with E-state index in [1.807, 2.05) is 67.5 Å². The van der Waals surface area contributed by atoms with E-state index in [-0.39, 0.29) is 18.3 Å². The smallest absolute Gasteiger partial charge is 0.291 e. The summed E-state index contributed by atoms with van der Waals surface area (Å²) in [5.41, 5.74) is 1.63. The number of methoxy groups -OCH3 is 1. The maximum atomic E-state index is 12.5. The van der Waals surface area contributed by atoms with Crippen LogP contribution in [0.3, 0.4) is 0 Å². The second-order valence-corrected chi connectivity index (χ2v) is 6.07. The summed E-state index contributed by atoms with van der Waals surface area (Å²) >= 11 is 0. The summed E-state index contributed by atoms with van der Waals surface area (Å²) in [6.45, 7) is 0.196. The summed E-state index contributed by atoms with van der Waals surface area (Å²) in [6.07, 6.45) is 0. The zero-order chi connectivity index (χ0) is 19.2. The lowest BCUT2D eigenvalue weighted by Gasteiger charge is -2.17. The molecule has 0 aliphatic carbocycles. The minimum atomic E-state index is -0.312. The maximum Gasteiger partial charge on any atom is 0.291 e. The zero-order valence-electron chi connectivity index (χ0n) is 15.6. The predicted octanol–water partition coefficient (Wildman–Crippen LogP) is 4.19. The summed E-state index contributed by atoms with van der Waals surface area (Å²) in [5, 5.41) is 2.88. The summed E-state index contributed by atoms with van der Waals surface area (Å²) in [6, 6.07) is 18.3. The van der Waals surface area contributed by atoms with Crippen molar-refractivity contribution < 1.29 is 18.7 Å². The van der Waals surface area contributed by atoms with Crippen LogP contribution in [0, 0.1) is 0 Å². The van der Waals surface area contributed by atoms with Crippen molar-refractivity contribution in [3.8, 4) is 11.5 Å². The molecule has 0 bridgehead atoms. The van der Waals surface area contributed by atoms with Crippen molar-refractivity contribution in [3.05, 3.63) is 72.2 Å². The number of amides is 1. The molecule has 0 fully saturated rings. The molecule has 2 aromatic carbocycles. The molecule has 1 N–H and O–H groups in total. The van der Waals surface area contributed by atoms with E-state index in [1.54, 1.807) is 19.2 Å². The lowest BCUT2D eigenvalue weighted by atomic mass is 10.2. The van der Waals surface area contributed by atoms with Crippen molar-refractivity contribution in [1.29, 1.82) is 0 Å². The molecule has 1 aromatic heterocycles. The highest BCUT2D eigenvalue weighted by molar-refractivity contribution is 6.04. The molecule has 0 saturated heterocycles. The van der Waals surface area contributed by atoms with Gasteiger partial charge in [0, 0.05) is 14.1 Å². The van der Waals surface area contributed by atoms with E-state index in [2.05, 4.69) is 5.32 Å². The van der Waals surface area contributed by atoms with E-state index in [1.165, 1.54) is 0 Å². The molecular weight excluding hydrogens is 344 g/mol. The molecule has 0 aliphatic heterocycles. The van der Waals surface area contributed by atoms with E-state index < -0.39 is 0 Å². The highest BCUT2D eigenvalue weighted by atomic mass is 16.5. The van der Waals surface area contributed by atoms with Crippen molar-refractivity contribution in [1.82, 2.24) is 0 Å². The van der Waals surface area contributed by atoms with E-state index in [4.69, 9.17) is 13.9 Å². The average molecular weight is 366 g/mol. The van der Waals surface area contributed by atoms with E-state index in [9.17, 15) is 4.79 Å².